The molecule has 0 atom stereocenters. The first-order valence-electron chi connectivity index (χ1n) is 3.37. The van der Waals surface area contributed by atoms with Crippen molar-refractivity contribution >= 4 is 18.5 Å². The van der Waals surface area contributed by atoms with E-state index in [-0.39, 0.29) is 18.0 Å². The molecule has 1 aliphatic carbocycles. The smallest absolute Gasteiger partial charge is 0.405 e. The lowest BCUT2D eigenvalue weighted by molar-refractivity contribution is 0.0869. The Balaban J connectivity index is 0.000001000. The van der Waals surface area contributed by atoms with Crippen LogP contribution < -0.4 is 11.5 Å². The Hall–Kier alpha value is -0.480. The quantitative estimate of drug-likeness (QED) is 0.660. The van der Waals surface area contributed by atoms with Crippen LogP contribution in [-0.2, 0) is 4.74 Å². The van der Waals surface area contributed by atoms with Crippen LogP contribution in [0.3, 0.4) is 0 Å². The molecule has 0 spiro atoms. The summed E-state index contributed by atoms with van der Waals surface area (Å²) in [4.78, 5) is 10.3. The van der Waals surface area contributed by atoms with Gasteiger partial charge in [0.1, 0.15) is 5.60 Å². The van der Waals surface area contributed by atoms with Crippen molar-refractivity contribution in [2.45, 2.75) is 24.9 Å². The van der Waals surface area contributed by atoms with Gasteiger partial charge >= 0.3 is 6.09 Å². The zero-order chi connectivity index (χ0) is 7.61. The summed E-state index contributed by atoms with van der Waals surface area (Å²) in [5.74, 6) is 0. The molecule has 0 aliphatic heterocycles. The number of hydrogen-bond donors (Lipinski definition) is 2. The first kappa shape index (κ1) is 10.5. The van der Waals surface area contributed by atoms with Crippen molar-refractivity contribution in [1.29, 1.82) is 0 Å². The Morgan fingerprint density at radius 1 is 1.55 bits per heavy atom. The maximum absolute atomic E-state index is 10.3. The van der Waals surface area contributed by atoms with E-state index in [1.54, 1.807) is 0 Å². The summed E-state index contributed by atoms with van der Waals surface area (Å²) >= 11 is 0. The van der Waals surface area contributed by atoms with Gasteiger partial charge in [0.05, 0.1) is 0 Å². The second-order valence-corrected chi connectivity index (χ2v) is 2.64. The van der Waals surface area contributed by atoms with Crippen LogP contribution in [0.15, 0.2) is 0 Å². The van der Waals surface area contributed by atoms with Gasteiger partial charge in [-0.1, -0.05) is 0 Å². The second-order valence-electron chi connectivity index (χ2n) is 2.64. The summed E-state index contributed by atoms with van der Waals surface area (Å²) in [5.41, 5.74) is 9.87. The minimum absolute atomic E-state index is 0. The van der Waals surface area contributed by atoms with E-state index in [9.17, 15) is 4.79 Å². The molecule has 1 rings (SSSR count). The first-order chi connectivity index (χ1) is 4.68. The van der Waals surface area contributed by atoms with Gasteiger partial charge in [-0.05, 0) is 25.8 Å². The van der Waals surface area contributed by atoms with Crippen molar-refractivity contribution in [3.05, 3.63) is 0 Å². The molecule has 1 amide bonds. The van der Waals surface area contributed by atoms with E-state index in [1.165, 1.54) is 0 Å². The molecular formula is C6H13ClN2O2. The van der Waals surface area contributed by atoms with E-state index in [4.69, 9.17) is 16.2 Å². The molecule has 1 fully saturated rings. The Kier molecular flexibility index (Phi) is 3.62. The van der Waals surface area contributed by atoms with Crippen molar-refractivity contribution in [3.8, 4) is 0 Å². The number of halogens is 1. The van der Waals surface area contributed by atoms with Gasteiger partial charge in [-0.15, -0.1) is 12.4 Å². The number of nitrogens with two attached hydrogens (primary N) is 2. The van der Waals surface area contributed by atoms with E-state index >= 15 is 0 Å². The normalized spacial score (nSPS) is 18.3. The molecular weight excluding hydrogens is 168 g/mol. The van der Waals surface area contributed by atoms with Crippen molar-refractivity contribution < 1.29 is 9.53 Å². The van der Waals surface area contributed by atoms with Crippen LogP contribution in [-0.4, -0.2) is 18.2 Å². The van der Waals surface area contributed by atoms with Crippen LogP contribution in [0.1, 0.15) is 19.3 Å². The maximum atomic E-state index is 10.3. The third kappa shape index (κ3) is 2.95. The molecule has 0 radical (unpaired) electrons. The lowest BCUT2D eigenvalue weighted by atomic mass is 10.2. The van der Waals surface area contributed by atoms with Crippen LogP contribution in [0, 0.1) is 0 Å². The molecule has 0 aromatic carbocycles. The van der Waals surface area contributed by atoms with Gasteiger partial charge in [-0.3, -0.25) is 0 Å². The Morgan fingerprint density at radius 2 is 2.09 bits per heavy atom. The van der Waals surface area contributed by atoms with Crippen LogP contribution in [0.2, 0.25) is 0 Å². The van der Waals surface area contributed by atoms with E-state index in [0.717, 1.165) is 19.3 Å². The molecule has 4 N–H and O–H groups in total. The van der Waals surface area contributed by atoms with E-state index < -0.39 is 6.09 Å². The van der Waals surface area contributed by atoms with Gasteiger partial charge in [-0.2, -0.15) is 0 Å². The lowest BCUT2D eigenvalue weighted by Crippen LogP contribution is -2.26. The number of hydrogen-bond acceptors (Lipinski definition) is 3. The predicted molar refractivity (Wildman–Crippen MR) is 43.6 cm³/mol. The maximum Gasteiger partial charge on any atom is 0.405 e. The van der Waals surface area contributed by atoms with Crippen molar-refractivity contribution in [1.82, 2.24) is 0 Å². The van der Waals surface area contributed by atoms with Crippen molar-refractivity contribution in [3.63, 3.8) is 0 Å². The Morgan fingerprint density at radius 3 is 2.36 bits per heavy atom. The van der Waals surface area contributed by atoms with Crippen LogP contribution in [0.25, 0.3) is 0 Å². The average Bonchev–Trinajstić information content (AvgIpc) is 2.47. The monoisotopic (exact) mass is 180 g/mol. The first-order valence-corrected chi connectivity index (χ1v) is 3.37. The molecule has 0 saturated heterocycles. The number of carbonyl (C=O) groups is 1. The zero-order valence-electron chi connectivity index (χ0n) is 6.21. The molecule has 66 valence electrons. The summed E-state index contributed by atoms with van der Waals surface area (Å²) in [6, 6.07) is 0. The summed E-state index contributed by atoms with van der Waals surface area (Å²) in [6.07, 6.45) is 1.86. The summed E-state index contributed by atoms with van der Waals surface area (Å²) in [5, 5.41) is 0. The van der Waals surface area contributed by atoms with E-state index in [0.29, 0.717) is 6.54 Å². The van der Waals surface area contributed by atoms with Crippen molar-refractivity contribution in [2.75, 3.05) is 6.54 Å². The average molecular weight is 181 g/mol. The van der Waals surface area contributed by atoms with Crippen molar-refractivity contribution in [2.24, 2.45) is 11.5 Å². The molecule has 0 heterocycles. The van der Waals surface area contributed by atoms with Gasteiger partial charge in [0.15, 0.2) is 0 Å². The zero-order valence-corrected chi connectivity index (χ0v) is 7.02. The second kappa shape index (κ2) is 3.78. The Labute approximate surface area is 71.7 Å². The standard InChI is InChI=1S/C6H12N2O2.ClH/c7-4-3-6(1-2-6)10-5(8)9;/h1-4,7H2,(H2,8,9);1H. The van der Waals surface area contributed by atoms with Gasteiger partial charge in [0.2, 0.25) is 0 Å². The number of primary amides is 1. The number of rotatable bonds is 3. The largest absolute Gasteiger partial charge is 0.443 e. The summed E-state index contributed by atoms with van der Waals surface area (Å²) < 4.78 is 4.85. The summed E-state index contributed by atoms with van der Waals surface area (Å²) in [6.45, 7) is 0.549. The van der Waals surface area contributed by atoms with Crippen LogP contribution in [0.4, 0.5) is 4.79 Å². The van der Waals surface area contributed by atoms with Gasteiger partial charge in [-0.25, -0.2) is 4.79 Å². The number of carbonyl (C=O) groups excluding carboxylic acids is 1. The molecule has 4 nitrogen and oxygen atoms in total. The topological polar surface area (TPSA) is 78.3 Å². The molecule has 1 aliphatic rings. The molecule has 5 heteroatoms. The van der Waals surface area contributed by atoms with E-state index in [1.807, 2.05) is 0 Å². The highest BCUT2D eigenvalue weighted by atomic mass is 35.5. The Bertz CT molecular complexity index is 148. The number of amides is 1. The minimum atomic E-state index is -0.689. The van der Waals surface area contributed by atoms with E-state index in [2.05, 4.69) is 0 Å². The van der Waals surface area contributed by atoms with Gasteiger partial charge in [0.25, 0.3) is 0 Å². The SMILES string of the molecule is Cl.NCCC1(OC(N)=O)CC1. The highest BCUT2D eigenvalue weighted by Gasteiger charge is 2.45. The fourth-order valence-electron chi connectivity index (χ4n) is 1.02. The summed E-state index contributed by atoms with van der Waals surface area (Å²) in [7, 11) is 0. The fraction of sp³-hybridized carbons (Fsp3) is 0.833. The van der Waals surface area contributed by atoms with Gasteiger partial charge in [0, 0.05) is 0 Å². The third-order valence-corrected chi connectivity index (χ3v) is 1.72. The highest BCUT2D eigenvalue weighted by molar-refractivity contribution is 5.85. The molecule has 0 bridgehead atoms. The number of ether oxygens (including phenoxy) is 1. The third-order valence-electron chi connectivity index (χ3n) is 1.72. The molecule has 0 unspecified atom stereocenters. The molecule has 0 aromatic heterocycles. The predicted octanol–water partition coefficient (Wildman–Crippen LogP) is 0.385. The lowest BCUT2D eigenvalue weighted by Gasteiger charge is -2.12. The molecule has 11 heavy (non-hydrogen) atoms. The van der Waals surface area contributed by atoms with Crippen LogP contribution in [0.5, 0.6) is 0 Å². The molecule has 0 aromatic rings. The molecule has 1 saturated carbocycles. The van der Waals surface area contributed by atoms with Crippen LogP contribution >= 0.6 is 12.4 Å². The van der Waals surface area contributed by atoms with Gasteiger partial charge < -0.3 is 16.2 Å². The highest BCUT2D eigenvalue weighted by Crippen LogP contribution is 2.42. The fourth-order valence-corrected chi connectivity index (χ4v) is 1.02. The minimum Gasteiger partial charge on any atom is -0.443 e.